The fourth-order valence-electron chi connectivity index (χ4n) is 2.24. The smallest absolute Gasteiger partial charge is 0.411 e. The molecule has 1 fully saturated rings. The van der Waals surface area contributed by atoms with Crippen LogP contribution in [0.3, 0.4) is 0 Å². The normalized spacial score (nSPS) is 26.8. The Kier molecular flexibility index (Phi) is 5.15. The van der Waals surface area contributed by atoms with Crippen LogP contribution in [0.1, 0.15) is 13.3 Å². The second-order valence-corrected chi connectivity index (χ2v) is 4.08. The Labute approximate surface area is 106 Å². The molecule has 0 saturated carbocycles. The van der Waals surface area contributed by atoms with Crippen molar-refractivity contribution in [3.05, 3.63) is 12.7 Å². The highest BCUT2D eigenvalue weighted by Crippen LogP contribution is 2.31. The molecular formula is C12H19NO5. The first-order valence-corrected chi connectivity index (χ1v) is 5.70. The van der Waals surface area contributed by atoms with Crippen LogP contribution in [0.25, 0.3) is 0 Å². The average molecular weight is 257 g/mol. The number of amides is 1. The molecule has 1 aliphatic rings. The van der Waals surface area contributed by atoms with Gasteiger partial charge in [-0.05, 0) is 6.42 Å². The number of rotatable bonds is 4. The van der Waals surface area contributed by atoms with E-state index >= 15 is 0 Å². The summed E-state index contributed by atoms with van der Waals surface area (Å²) >= 11 is 0. The molecule has 0 aromatic heterocycles. The van der Waals surface area contributed by atoms with E-state index in [1.54, 1.807) is 6.08 Å². The molecule has 0 radical (unpaired) electrons. The Balaban J connectivity index is 2.88. The molecule has 0 aromatic carbocycles. The van der Waals surface area contributed by atoms with Crippen molar-refractivity contribution in [1.29, 1.82) is 0 Å². The molecular weight excluding hydrogens is 238 g/mol. The molecule has 0 bridgehead atoms. The molecule has 3 atom stereocenters. The Hall–Kier alpha value is -1.56. The first kappa shape index (κ1) is 14.5. The van der Waals surface area contributed by atoms with Crippen molar-refractivity contribution in [2.45, 2.75) is 25.7 Å². The zero-order valence-electron chi connectivity index (χ0n) is 10.9. The lowest BCUT2D eigenvalue weighted by molar-refractivity contribution is -0.148. The Morgan fingerprint density at radius 2 is 2.11 bits per heavy atom. The van der Waals surface area contributed by atoms with Crippen LogP contribution in [0.15, 0.2) is 12.7 Å². The second kappa shape index (κ2) is 6.39. The van der Waals surface area contributed by atoms with Crippen molar-refractivity contribution in [1.82, 2.24) is 4.90 Å². The highest BCUT2D eigenvalue weighted by molar-refractivity contribution is 5.69. The fraction of sp³-hybridized carbons (Fsp3) is 0.667. The molecule has 6 nitrogen and oxygen atoms in total. The molecule has 1 saturated heterocycles. The van der Waals surface area contributed by atoms with Gasteiger partial charge in [-0.15, -0.1) is 6.58 Å². The van der Waals surface area contributed by atoms with Gasteiger partial charge in [-0.3, -0.25) is 9.69 Å². The number of hydrogen-bond donors (Lipinski definition) is 0. The third-order valence-electron chi connectivity index (χ3n) is 2.93. The van der Waals surface area contributed by atoms with E-state index in [0.29, 0.717) is 6.42 Å². The Morgan fingerprint density at radius 1 is 1.44 bits per heavy atom. The highest BCUT2D eigenvalue weighted by Gasteiger charge is 2.45. The van der Waals surface area contributed by atoms with Gasteiger partial charge in [0.05, 0.1) is 13.7 Å². The predicted molar refractivity (Wildman–Crippen MR) is 63.8 cm³/mol. The number of methoxy groups -OCH3 is 2. The maximum absolute atomic E-state index is 11.6. The van der Waals surface area contributed by atoms with Gasteiger partial charge in [0.1, 0.15) is 12.3 Å². The molecule has 6 heteroatoms. The standard InChI is InChI=1S/C12H19NO5/c1-5-6-9-10(18-8(2)14)7-13(11(9)16-3)12(15)17-4/h5,9-11H,1,6-7H2,2-4H3/t9-,10+,11+/m1/s1. The van der Waals surface area contributed by atoms with Crippen LogP contribution < -0.4 is 0 Å². The molecule has 0 spiro atoms. The summed E-state index contributed by atoms with van der Waals surface area (Å²) in [6.45, 7) is 5.27. The molecule has 0 N–H and O–H groups in total. The number of allylic oxidation sites excluding steroid dienone is 1. The second-order valence-electron chi connectivity index (χ2n) is 4.08. The van der Waals surface area contributed by atoms with Crippen LogP contribution in [-0.4, -0.2) is 50.1 Å². The van der Waals surface area contributed by atoms with E-state index in [1.165, 1.54) is 26.0 Å². The van der Waals surface area contributed by atoms with E-state index in [4.69, 9.17) is 9.47 Å². The molecule has 18 heavy (non-hydrogen) atoms. The van der Waals surface area contributed by atoms with Crippen LogP contribution in [0.2, 0.25) is 0 Å². The van der Waals surface area contributed by atoms with Gasteiger partial charge in [0.25, 0.3) is 0 Å². The molecule has 0 aliphatic carbocycles. The summed E-state index contributed by atoms with van der Waals surface area (Å²) in [6.07, 6.45) is 0.938. The van der Waals surface area contributed by atoms with Crippen LogP contribution in [0, 0.1) is 5.92 Å². The van der Waals surface area contributed by atoms with E-state index in [0.717, 1.165) is 0 Å². The Bertz CT molecular complexity index is 330. The summed E-state index contributed by atoms with van der Waals surface area (Å²) in [5.41, 5.74) is 0. The van der Waals surface area contributed by atoms with Gasteiger partial charge in [-0.2, -0.15) is 0 Å². The summed E-state index contributed by atoms with van der Waals surface area (Å²) in [6, 6.07) is 0. The van der Waals surface area contributed by atoms with Crippen molar-refractivity contribution in [3.8, 4) is 0 Å². The number of carbonyl (C=O) groups excluding carboxylic acids is 2. The van der Waals surface area contributed by atoms with E-state index in [1.807, 2.05) is 0 Å². The lowest BCUT2D eigenvalue weighted by Crippen LogP contribution is -2.39. The van der Waals surface area contributed by atoms with Gasteiger partial charge in [0.15, 0.2) is 0 Å². The van der Waals surface area contributed by atoms with Crippen molar-refractivity contribution in [2.24, 2.45) is 5.92 Å². The molecule has 102 valence electrons. The minimum Gasteiger partial charge on any atom is -0.460 e. The largest absolute Gasteiger partial charge is 0.460 e. The molecule has 1 rings (SSSR count). The first-order valence-electron chi connectivity index (χ1n) is 5.70. The summed E-state index contributed by atoms with van der Waals surface area (Å²) in [5.74, 6) is -0.508. The molecule has 1 heterocycles. The van der Waals surface area contributed by atoms with E-state index < -0.39 is 18.4 Å². The third kappa shape index (κ3) is 3.01. The quantitative estimate of drug-likeness (QED) is 0.558. The number of hydrogen-bond acceptors (Lipinski definition) is 5. The van der Waals surface area contributed by atoms with Gasteiger partial charge in [-0.1, -0.05) is 6.08 Å². The van der Waals surface area contributed by atoms with Gasteiger partial charge < -0.3 is 14.2 Å². The maximum Gasteiger partial charge on any atom is 0.411 e. The van der Waals surface area contributed by atoms with Crippen molar-refractivity contribution >= 4 is 12.1 Å². The highest BCUT2D eigenvalue weighted by atomic mass is 16.6. The van der Waals surface area contributed by atoms with Crippen LogP contribution in [0.5, 0.6) is 0 Å². The summed E-state index contributed by atoms with van der Waals surface area (Å²) in [5, 5.41) is 0. The number of carbonyl (C=O) groups is 2. The summed E-state index contributed by atoms with van der Waals surface area (Å²) in [4.78, 5) is 24.1. The Morgan fingerprint density at radius 3 is 2.56 bits per heavy atom. The lowest BCUT2D eigenvalue weighted by atomic mass is 10.0. The summed E-state index contributed by atoms with van der Waals surface area (Å²) in [7, 11) is 2.81. The topological polar surface area (TPSA) is 65.1 Å². The molecule has 0 aromatic rings. The van der Waals surface area contributed by atoms with Gasteiger partial charge >= 0.3 is 12.1 Å². The van der Waals surface area contributed by atoms with Crippen molar-refractivity contribution in [3.63, 3.8) is 0 Å². The zero-order chi connectivity index (χ0) is 13.7. The minimum atomic E-state index is -0.495. The molecule has 1 amide bonds. The lowest BCUT2D eigenvalue weighted by Gasteiger charge is -2.24. The zero-order valence-corrected chi connectivity index (χ0v) is 10.9. The number of likely N-dealkylation sites (tertiary alicyclic amines) is 1. The number of ether oxygens (including phenoxy) is 3. The maximum atomic E-state index is 11.6. The average Bonchev–Trinajstić information content (AvgIpc) is 2.66. The molecule has 1 aliphatic heterocycles. The van der Waals surface area contributed by atoms with E-state index in [2.05, 4.69) is 11.3 Å². The predicted octanol–water partition coefficient (Wildman–Crippen LogP) is 1.16. The monoisotopic (exact) mass is 257 g/mol. The van der Waals surface area contributed by atoms with Crippen LogP contribution in [-0.2, 0) is 19.0 Å². The van der Waals surface area contributed by atoms with Crippen molar-refractivity contribution in [2.75, 3.05) is 20.8 Å². The van der Waals surface area contributed by atoms with Crippen molar-refractivity contribution < 1.29 is 23.8 Å². The molecule has 0 unspecified atom stereocenters. The van der Waals surface area contributed by atoms with E-state index in [-0.39, 0.29) is 18.4 Å². The minimum absolute atomic E-state index is 0.129. The van der Waals surface area contributed by atoms with Crippen LogP contribution in [0.4, 0.5) is 4.79 Å². The SMILES string of the molecule is C=CC[C@@H]1[C@@H](OC(C)=O)CN(C(=O)OC)[C@H]1OC. The number of esters is 1. The van der Waals surface area contributed by atoms with Gasteiger partial charge in [-0.25, -0.2) is 4.79 Å². The first-order chi connectivity index (χ1) is 8.54. The third-order valence-corrected chi connectivity index (χ3v) is 2.93. The fourth-order valence-corrected chi connectivity index (χ4v) is 2.24. The van der Waals surface area contributed by atoms with Gasteiger partial charge in [0.2, 0.25) is 0 Å². The summed E-state index contributed by atoms with van der Waals surface area (Å²) < 4.78 is 15.2. The van der Waals surface area contributed by atoms with Gasteiger partial charge in [0, 0.05) is 20.0 Å². The number of nitrogens with zero attached hydrogens (tertiary/aromatic N) is 1. The van der Waals surface area contributed by atoms with Crippen LogP contribution >= 0.6 is 0 Å². The van der Waals surface area contributed by atoms with E-state index in [9.17, 15) is 9.59 Å².